The van der Waals surface area contributed by atoms with Gasteiger partial charge in [-0.15, -0.1) is 0 Å². The summed E-state index contributed by atoms with van der Waals surface area (Å²) in [4.78, 5) is 11.6. The summed E-state index contributed by atoms with van der Waals surface area (Å²) in [5.41, 5.74) is -0.782. The van der Waals surface area contributed by atoms with Gasteiger partial charge in [0.1, 0.15) is 5.54 Å². The maximum Gasteiger partial charge on any atom is 0.325 e. The molecular weight excluding hydrogens is 246 g/mol. The molecule has 0 amide bonds. The minimum Gasteiger partial charge on any atom is -0.468 e. The Balaban J connectivity index is 3.82. The molecule has 0 aliphatic carbocycles. The first-order valence-corrected chi connectivity index (χ1v) is 6.71. The number of hydrogen-bond acceptors (Lipinski definition) is 5. The predicted octanol–water partition coefficient (Wildman–Crippen LogP) is 1.75. The van der Waals surface area contributed by atoms with E-state index in [2.05, 4.69) is 5.32 Å². The van der Waals surface area contributed by atoms with Gasteiger partial charge in [-0.05, 0) is 47.1 Å². The molecule has 0 radical (unpaired) electrons. The van der Waals surface area contributed by atoms with E-state index < -0.39 is 5.54 Å². The van der Waals surface area contributed by atoms with E-state index in [0.29, 0.717) is 19.6 Å². The van der Waals surface area contributed by atoms with Crippen LogP contribution in [0.25, 0.3) is 0 Å². The third kappa shape index (κ3) is 6.89. The van der Waals surface area contributed by atoms with Crippen molar-refractivity contribution in [2.24, 2.45) is 0 Å². The highest BCUT2D eigenvalue weighted by Crippen LogP contribution is 2.15. The van der Waals surface area contributed by atoms with Gasteiger partial charge in [0.15, 0.2) is 0 Å². The average Bonchev–Trinajstić information content (AvgIpc) is 2.41. The second-order valence-corrected chi connectivity index (χ2v) is 5.50. The van der Waals surface area contributed by atoms with Crippen LogP contribution in [0.15, 0.2) is 0 Å². The molecule has 0 aliphatic rings. The third-order valence-electron chi connectivity index (χ3n) is 3.55. The summed E-state index contributed by atoms with van der Waals surface area (Å²) in [5, 5.41) is 3.00. The molecule has 0 aromatic carbocycles. The van der Waals surface area contributed by atoms with Gasteiger partial charge in [-0.3, -0.25) is 4.79 Å². The van der Waals surface area contributed by atoms with E-state index in [1.165, 1.54) is 7.11 Å². The lowest BCUT2D eigenvalue weighted by atomic mass is 9.96. The SMILES string of the molecule is CNC(C)(CCCOCCC(C)(C)OC)C(=O)OC. The van der Waals surface area contributed by atoms with E-state index in [0.717, 1.165) is 12.8 Å². The lowest BCUT2D eigenvalue weighted by molar-refractivity contribution is -0.148. The van der Waals surface area contributed by atoms with Crippen LogP contribution in [-0.4, -0.2) is 51.6 Å². The Morgan fingerprint density at radius 3 is 2.21 bits per heavy atom. The molecule has 0 fully saturated rings. The number of nitrogens with one attached hydrogen (secondary N) is 1. The second-order valence-electron chi connectivity index (χ2n) is 5.50. The first-order chi connectivity index (χ1) is 8.81. The molecule has 19 heavy (non-hydrogen) atoms. The van der Waals surface area contributed by atoms with Crippen LogP contribution >= 0.6 is 0 Å². The summed E-state index contributed by atoms with van der Waals surface area (Å²) < 4.78 is 15.7. The molecule has 0 aromatic rings. The molecule has 1 N–H and O–H groups in total. The molecule has 0 saturated carbocycles. The van der Waals surface area contributed by atoms with Crippen LogP contribution in [0.3, 0.4) is 0 Å². The summed E-state index contributed by atoms with van der Waals surface area (Å²) >= 11 is 0. The maximum absolute atomic E-state index is 11.6. The lowest BCUT2D eigenvalue weighted by Gasteiger charge is -2.26. The average molecular weight is 275 g/mol. The zero-order valence-electron chi connectivity index (χ0n) is 13.2. The zero-order valence-corrected chi connectivity index (χ0v) is 13.2. The van der Waals surface area contributed by atoms with Crippen LogP contribution in [0.4, 0.5) is 0 Å². The molecule has 1 atom stereocenters. The summed E-state index contributed by atoms with van der Waals surface area (Å²) in [6, 6.07) is 0. The van der Waals surface area contributed by atoms with Gasteiger partial charge in [0, 0.05) is 20.3 Å². The van der Waals surface area contributed by atoms with E-state index >= 15 is 0 Å². The fourth-order valence-corrected chi connectivity index (χ4v) is 1.60. The van der Waals surface area contributed by atoms with Gasteiger partial charge < -0.3 is 19.5 Å². The molecule has 5 heteroatoms. The Labute approximate surface area is 117 Å². The molecule has 0 bridgehead atoms. The van der Waals surface area contributed by atoms with Crippen LogP contribution in [0.1, 0.15) is 40.0 Å². The van der Waals surface area contributed by atoms with E-state index in [1.807, 2.05) is 20.8 Å². The van der Waals surface area contributed by atoms with Gasteiger partial charge in [-0.2, -0.15) is 0 Å². The topological polar surface area (TPSA) is 56.8 Å². The quantitative estimate of drug-likeness (QED) is 0.486. The number of likely N-dealkylation sites (N-methyl/N-ethyl adjacent to an activating group) is 1. The van der Waals surface area contributed by atoms with Crippen molar-refractivity contribution in [1.29, 1.82) is 0 Å². The van der Waals surface area contributed by atoms with E-state index in [-0.39, 0.29) is 11.6 Å². The molecule has 0 rings (SSSR count). The van der Waals surface area contributed by atoms with E-state index in [9.17, 15) is 4.79 Å². The Kier molecular flexibility index (Phi) is 8.22. The summed E-state index contributed by atoms with van der Waals surface area (Å²) in [6.45, 7) is 7.20. The maximum atomic E-state index is 11.6. The Bertz CT molecular complexity index is 268. The summed E-state index contributed by atoms with van der Waals surface area (Å²) in [6.07, 6.45) is 2.34. The fourth-order valence-electron chi connectivity index (χ4n) is 1.60. The molecular formula is C14H29NO4. The largest absolute Gasteiger partial charge is 0.468 e. The Morgan fingerprint density at radius 1 is 1.11 bits per heavy atom. The highest BCUT2D eigenvalue weighted by molar-refractivity contribution is 5.80. The van der Waals surface area contributed by atoms with Crippen molar-refractivity contribution in [1.82, 2.24) is 5.32 Å². The Morgan fingerprint density at radius 2 is 1.74 bits per heavy atom. The zero-order chi connectivity index (χ0) is 14.9. The first kappa shape index (κ1) is 18.4. The molecule has 0 saturated heterocycles. The third-order valence-corrected chi connectivity index (χ3v) is 3.55. The van der Waals surface area contributed by atoms with Crippen LogP contribution in [-0.2, 0) is 19.0 Å². The number of rotatable bonds is 10. The molecule has 0 aliphatic heterocycles. The molecule has 114 valence electrons. The van der Waals surface area contributed by atoms with Crippen molar-refractivity contribution in [2.45, 2.75) is 51.2 Å². The van der Waals surface area contributed by atoms with Gasteiger partial charge in [-0.1, -0.05) is 0 Å². The monoisotopic (exact) mass is 275 g/mol. The van der Waals surface area contributed by atoms with Crippen molar-refractivity contribution >= 4 is 5.97 Å². The van der Waals surface area contributed by atoms with Crippen molar-refractivity contribution in [3.8, 4) is 0 Å². The standard InChI is InChI=1S/C14H29NO4/c1-13(2,18-6)9-11-19-10-7-8-14(3,15-4)12(16)17-5/h15H,7-11H2,1-6H3. The Hall–Kier alpha value is -0.650. The number of methoxy groups -OCH3 is 2. The molecule has 1 unspecified atom stereocenters. The van der Waals surface area contributed by atoms with E-state index in [1.54, 1.807) is 14.2 Å². The number of hydrogen-bond donors (Lipinski definition) is 1. The number of carbonyl (C=O) groups is 1. The van der Waals surface area contributed by atoms with Gasteiger partial charge in [0.2, 0.25) is 0 Å². The van der Waals surface area contributed by atoms with Gasteiger partial charge in [-0.25, -0.2) is 0 Å². The highest BCUT2D eigenvalue weighted by atomic mass is 16.5. The number of ether oxygens (including phenoxy) is 3. The van der Waals surface area contributed by atoms with Crippen molar-refractivity contribution < 1.29 is 19.0 Å². The first-order valence-electron chi connectivity index (χ1n) is 6.71. The normalized spacial score (nSPS) is 15.1. The van der Waals surface area contributed by atoms with Crippen molar-refractivity contribution in [3.05, 3.63) is 0 Å². The summed E-state index contributed by atoms with van der Waals surface area (Å²) in [5.74, 6) is -0.240. The molecule has 0 spiro atoms. The van der Waals surface area contributed by atoms with Crippen LogP contribution in [0.2, 0.25) is 0 Å². The van der Waals surface area contributed by atoms with Gasteiger partial charge in [0.25, 0.3) is 0 Å². The van der Waals surface area contributed by atoms with Gasteiger partial charge >= 0.3 is 5.97 Å². The highest BCUT2D eigenvalue weighted by Gasteiger charge is 2.31. The van der Waals surface area contributed by atoms with E-state index in [4.69, 9.17) is 14.2 Å². The smallest absolute Gasteiger partial charge is 0.325 e. The molecule has 0 heterocycles. The molecule has 0 aromatic heterocycles. The summed E-state index contributed by atoms with van der Waals surface area (Å²) in [7, 11) is 4.87. The second kappa shape index (κ2) is 8.51. The predicted molar refractivity (Wildman–Crippen MR) is 75.2 cm³/mol. The van der Waals surface area contributed by atoms with Crippen molar-refractivity contribution in [3.63, 3.8) is 0 Å². The minimum atomic E-state index is -0.635. The fraction of sp³-hybridized carbons (Fsp3) is 0.929. The lowest BCUT2D eigenvalue weighted by Crippen LogP contribution is -2.48. The van der Waals surface area contributed by atoms with Gasteiger partial charge in [0.05, 0.1) is 12.7 Å². The van der Waals surface area contributed by atoms with Crippen molar-refractivity contribution in [2.75, 3.05) is 34.5 Å². The van der Waals surface area contributed by atoms with Crippen LogP contribution in [0.5, 0.6) is 0 Å². The number of carbonyl (C=O) groups excluding carboxylic acids is 1. The van der Waals surface area contributed by atoms with Crippen LogP contribution in [0, 0.1) is 0 Å². The number of esters is 1. The minimum absolute atomic E-state index is 0.147. The molecule has 5 nitrogen and oxygen atoms in total. The van der Waals surface area contributed by atoms with Crippen LogP contribution < -0.4 is 5.32 Å².